The third kappa shape index (κ3) is 3.98. The van der Waals surface area contributed by atoms with Gasteiger partial charge in [0.15, 0.2) is 0 Å². The third-order valence-corrected chi connectivity index (χ3v) is 4.79. The van der Waals surface area contributed by atoms with E-state index in [4.69, 9.17) is 0 Å². The molecule has 1 aliphatic heterocycles. The lowest BCUT2D eigenvalue weighted by molar-refractivity contribution is -0.130. The van der Waals surface area contributed by atoms with E-state index >= 15 is 0 Å². The van der Waals surface area contributed by atoms with Crippen LogP contribution in [0.1, 0.15) is 25.3 Å². The summed E-state index contributed by atoms with van der Waals surface area (Å²) in [6.07, 6.45) is 1.60. The molecule has 1 N–H and O–H groups in total. The van der Waals surface area contributed by atoms with Gasteiger partial charge in [-0.05, 0) is 12.0 Å². The van der Waals surface area contributed by atoms with Gasteiger partial charge in [0.05, 0.1) is 11.9 Å². The van der Waals surface area contributed by atoms with Gasteiger partial charge in [-0.3, -0.25) is 4.79 Å². The zero-order valence-corrected chi connectivity index (χ0v) is 12.1. The van der Waals surface area contributed by atoms with Gasteiger partial charge < -0.3 is 10.0 Å². The first kappa shape index (κ1) is 14.4. The van der Waals surface area contributed by atoms with Crippen molar-refractivity contribution >= 4 is 17.7 Å². The lowest BCUT2D eigenvalue weighted by atomic mass is 10.1. The summed E-state index contributed by atoms with van der Waals surface area (Å²) in [4.78, 5) is 13.9. The molecule has 3 nitrogen and oxygen atoms in total. The average Bonchev–Trinajstić information content (AvgIpc) is 2.54. The number of hydrogen-bond donors (Lipinski definition) is 1. The van der Waals surface area contributed by atoms with Crippen LogP contribution >= 0.6 is 11.8 Å². The van der Waals surface area contributed by atoms with E-state index in [9.17, 15) is 9.90 Å². The Balaban J connectivity index is 2.02. The van der Waals surface area contributed by atoms with Crippen LogP contribution in [0.4, 0.5) is 0 Å². The molecule has 104 valence electrons. The maximum absolute atomic E-state index is 12.1. The fourth-order valence-corrected chi connectivity index (χ4v) is 3.59. The highest BCUT2D eigenvalue weighted by atomic mass is 32.2. The molecule has 0 bridgehead atoms. The molecule has 0 aromatic heterocycles. The molecule has 4 heteroatoms. The Morgan fingerprint density at radius 3 is 2.79 bits per heavy atom. The van der Waals surface area contributed by atoms with Crippen LogP contribution in [0.25, 0.3) is 0 Å². The monoisotopic (exact) mass is 279 g/mol. The number of carbonyl (C=O) groups excluding carboxylic acids is 1. The molecular formula is C15H21NO2S. The highest BCUT2D eigenvalue weighted by Gasteiger charge is 2.29. The molecule has 0 spiro atoms. The summed E-state index contributed by atoms with van der Waals surface area (Å²) >= 11 is 1.60. The Hall–Kier alpha value is -1.00. The van der Waals surface area contributed by atoms with E-state index in [-0.39, 0.29) is 11.2 Å². The van der Waals surface area contributed by atoms with E-state index < -0.39 is 6.10 Å². The Kier molecular flexibility index (Phi) is 5.28. The number of β-amino-alcohol motifs (C(OH)–C–C–N with tert-alkyl or cyclic N) is 1. The second-order valence-corrected chi connectivity index (χ2v) is 6.19. The summed E-state index contributed by atoms with van der Waals surface area (Å²) in [5, 5.41) is 10.4. The van der Waals surface area contributed by atoms with Crippen LogP contribution in [0.15, 0.2) is 30.3 Å². The summed E-state index contributed by atoms with van der Waals surface area (Å²) in [5.74, 6) is 0.612. The van der Waals surface area contributed by atoms with Gasteiger partial charge in [0.1, 0.15) is 0 Å². The summed E-state index contributed by atoms with van der Waals surface area (Å²) in [6, 6.07) is 9.95. The zero-order valence-electron chi connectivity index (χ0n) is 11.3. The Bertz CT molecular complexity index is 410. The normalized spacial score (nSPS) is 24.3. The van der Waals surface area contributed by atoms with Gasteiger partial charge in [-0.1, -0.05) is 43.7 Å². The minimum Gasteiger partial charge on any atom is -0.390 e. The van der Waals surface area contributed by atoms with E-state index in [0.29, 0.717) is 18.8 Å². The van der Waals surface area contributed by atoms with Crippen molar-refractivity contribution in [3.63, 3.8) is 0 Å². The molecule has 1 aromatic carbocycles. The van der Waals surface area contributed by atoms with Crippen molar-refractivity contribution in [3.05, 3.63) is 35.9 Å². The third-order valence-electron chi connectivity index (χ3n) is 3.40. The lowest BCUT2D eigenvalue weighted by Crippen LogP contribution is -2.38. The molecule has 2 rings (SSSR count). The van der Waals surface area contributed by atoms with Gasteiger partial charge in [0.25, 0.3) is 0 Å². The molecule has 0 saturated carbocycles. The van der Waals surface area contributed by atoms with E-state index in [0.717, 1.165) is 18.4 Å². The molecule has 19 heavy (non-hydrogen) atoms. The topological polar surface area (TPSA) is 40.5 Å². The van der Waals surface area contributed by atoms with Crippen molar-refractivity contribution in [1.29, 1.82) is 0 Å². The van der Waals surface area contributed by atoms with Crippen LogP contribution in [0.2, 0.25) is 0 Å². The minimum absolute atomic E-state index is 0.131. The second-order valence-electron chi connectivity index (χ2n) is 4.97. The quantitative estimate of drug-likeness (QED) is 0.919. The fraction of sp³-hybridized carbons (Fsp3) is 0.533. The molecule has 2 atom stereocenters. The number of hydrogen-bond acceptors (Lipinski definition) is 3. The average molecular weight is 279 g/mol. The van der Waals surface area contributed by atoms with E-state index in [1.807, 2.05) is 30.3 Å². The summed E-state index contributed by atoms with van der Waals surface area (Å²) in [5.41, 5.74) is 1.11. The first-order chi connectivity index (χ1) is 9.20. The van der Waals surface area contributed by atoms with Crippen LogP contribution in [0.5, 0.6) is 0 Å². The molecule has 1 aliphatic rings. The second kappa shape index (κ2) is 6.96. The first-order valence-corrected chi connectivity index (χ1v) is 7.87. The fourth-order valence-electron chi connectivity index (χ4n) is 2.34. The van der Waals surface area contributed by atoms with Gasteiger partial charge in [-0.15, -0.1) is 11.8 Å². The number of thioether (sulfide) groups is 1. The SMILES string of the molecule is CCC[C@@H]1SCC(=O)N(Cc2ccccc2)C[C@@H]1O. The van der Waals surface area contributed by atoms with Crippen molar-refractivity contribution in [2.45, 2.75) is 37.7 Å². The molecule has 1 saturated heterocycles. The van der Waals surface area contributed by atoms with Crippen LogP contribution in [-0.2, 0) is 11.3 Å². The number of benzene rings is 1. The predicted molar refractivity (Wildman–Crippen MR) is 79.0 cm³/mol. The smallest absolute Gasteiger partial charge is 0.232 e. The number of carbonyl (C=O) groups is 1. The number of aliphatic hydroxyl groups excluding tert-OH is 1. The van der Waals surface area contributed by atoms with E-state index in [1.54, 1.807) is 16.7 Å². The minimum atomic E-state index is -0.417. The Morgan fingerprint density at radius 2 is 2.11 bits per heavy atom. The highest BCUT2D eigenvalue weighted by Crippen LogP contribution is 2.25. The van der Waals surface area contributed by atoms with Crippen LogP contribution < -0.4 is 0 Å². The maximum Gasteiger partial charge on any atom is 0.232 e. The molecule has 0 aliphatic carbocycles. The number of nitrogens with zero attached hydrogens (tertiary/aromatic N) is 1. The van der Waals surface area contributed by atoms with Gasteiger partial charge in [-0.25, -0.2) is 0 Å². The van der Waals surface area contributed by atoms with Gasteiger partial charge in [-0.2, -0.15) is 0 Å². The van der Waals surface area contributed by atoms with Crippen LogP contribution in [0.3, 0.4) is 0 Å². The molecule has 1 aromatic rings. The molecule has 1 fully saturated rings. The van der Waals surface area contributed by atoms with Crippen molar-refractivity contribution in [3.8, 4) is 0 Å². The number of aliphatic hydroxyl groups is 1. The van der Waals surface area contributed by atoms with Crippen molar-refractivity contribution in [1.82, 2.24) is 4.90 Å². The van der Waals surface area contributed by atoms with Gasteiger partial charge >= 0.3 is 0 Å². The molecule has 0 unspecified atom stereocenters. The Morgan fingerprint density at radius 1 is 1.37 bits per heavy atom. The van der Waals surface area contributed by atoms with E-state index in [2.05, 4.69) is 6.92 Å². The van der Waals surface area contributed by atoms with Crippen LogP contribution in [-0.4, -0.2) is 39.6 Å². The Labute approximate surface area is 119 Å². The standard InChI is InChI=1S/C15H21NO2S/c1-2-6-14-13(17)10-16(15(18)11-19-14)9-12-7-4-3-5-8-12/h3-5,7-8,13-14,17H,2,6,9-11H2,1H3/t13-,14-/m0/s1. The van der Waals surface area contributed by atoms with Gasteiger partial charge in [0.2, 0.25) is 5.91 Å². The number of rotatable bonds is 4. The highest BCUT2D eigenvalue weighted by molar-refractivity contribution is 8.00. The molecular weight excluding hydrogens is 258 g/mol. The predicted octanol–water partition coefficient (Wildman–Crippen LogP) is 2.29. The molecule has 1 heterocycles. The molecule has 1 amide bonds. The van der Waals surface area contributed by atoms with E-state index in [1.165, 1.54) is 0 Å². The zero-order chi connectivity index (χ0) is 13.7. The number of amides is 1. The lowest BCUT2D eigenvalue weighted by Gasteiger charge is -2.24. The molecule has 0 radical (unpaired) electrons. The van der Waals surface area contributed by atoms with Crippen molar-refractivity contribution < 1.29 is 9.90 Å². The van der Waals surface area contributed by atoms with Crippen LogP contribution in [0, 0.1) is 0 Å². The van der Waals surface area contributed by atoms with Gasteiger partial charge in [0, 0.05) is 18.3 Å². The summed E-state index contributed by atoms with van der Waals surface area (Å²) < 4.78 is 0. The first-order valence-electron chi connectivity index (χ1n) is 6.82. The summed E-state index contributed by atoms with van der Waals surface area (Å²) in [6.45, 7) is 3.16. The summed E-state index contributed by atoms with van der Waals surface area (Å²) in [7, 11) is 0. The largest absolute Gasteiger partial charge is 0.390 e. The van der Waals surface area contributed by atoms with Crippen molar-refractivity contribution in [2.24, 2.45) is 0 Å². The maximum atomic E-state index is 12.1. The van der Waals surface area contributed by atoms with Crippen molar-refractivity contribution in [2.75, 3.05) is 12.3 Å².